The molecule has 0 amide bonds. The number of benzene rings is 2. The van der Waals surface area contributed by atoms with Crippen molar-refractivity contribution < 1.29 is 18.7 Å². The summed E-state index contributed by atoms with van der Waals surface area (Å²) in [5.41, 5.74) is 1.08. The Morgan fingerprint density at radius 2 is 1.79 bits per heavy atom. The van der Waals surface area contributed by atoms with Crippen molar-refractivity contribution >= 4 is 16.9 Å². The Labute approximate surface area is 163 Å². The zero-order valence-corrected chi connectivity index (χ0v) is 16.4. The number of fused-ring (bicyclic) bond motifs is 1. The fourth-order valence-corrected chi connectivity index (χ4v) is 3.06. The number of carbonyl (C=O) groups is 1. The highest BCUT2D eigenvalue weighted by Crippen LogP contribution is 2.27. The van der Waals surface area contributed by atoms with Crippen LogP contribution in [0.15, 0.2) is 57.9 Å². The second-order valence-corrected chi connectivity index (χ2v) is 6.58. The molecule has 3 aromatic rings. The monoisotopic (exact) mass is 380 g/mol. The predicted molar refractivity (Wildman–Crippen MR) is 108 cm³/mol. The topological polar surface area (TPSA) is 65.7 Å². The van der Waals surface area contributed by atoms with Crippen molar-refractivity contribution in [1.82, 2.24) is 0 Å². The van der Waals surface area contributed by atoms with Gasteiger partial charge in [0, 0.05) is 6.07 Å². The summed E-state index contributed by atoms with van der Waals surface area (Å²) in [4.78, 5) is 24.9. The highest BCUT2D eigenvalue weighted by molar-refractivity contribution is 5.81. The summed E-state index contributed by atoms with van der Waals surface area (Å²) in [6.45, 7) is 5.93. The minimum Gasteiger partial charge on any atom is -0.460 e. The normalized spacial score (nSPS) is 11.0. The summed E-state index contributed by atoms with van der Waals surface area (Å²) in [5.74, 6) is 0.694. The number of hydrogen-bond donors (Lipinski definition) is 0. The molecule has 0 atom stereocenters. The van der Waals surface area contributed by atoms with Crippen LogP contribution in [0.5, 0.6) is 17.2 Å². The highest BCUT2D eigenvalue weighted by atomic mass is 16.5. The van der Waals surface area contributed by atoms with Crippen LogP contribution in [0.1, 0.15) is 39.2 Å². The molecule has 5 nitrogen and oxygen atoms in total. The Bertz CT molecular complexity index is 1030. The molecule has 0 aliphatic heterocycles. The number of para-hydroxylation sites is 1. The summed E-state index contributed by atoms with van der Waals surface area (Å²) in [7, 11) is 0. The minimum atomic E-state index is -0.275. The fourth-order valence-electron chi connectivity index (χ4n) is 3.06. The van der Waals surface area contributed by atoms with Crippen molar-refractivity contribution in [1.29, 1.82) is 0 Å². The lowest BCUT2D eigenvalue weighted by Crippen LogP contribution is -2.19. The molecule has 3 rings (SSSR count). The Kier molecular flexibility index (Phi) is 6.14. The maximum Gasteiger partial charge on any atom is 0.314 e. The molecule has 1 heterocycles. The third-order valence-corrected chi connectivity index (χ3v) is 4.83. The molecule has 0 saturated heterocycles. The van der Waals surface area contributed by atoms with Crippen molar-refractivity contribution in [3.63, 3.8) is 0 Å². The van der Waals surface area contributed by atoms with Gasteiger partial charge in [0.05, 0.1) is 11.3 Å². The maximum atomic E-state index is 12.8. The summed E-state index contributed by atoms with van der Waals surface area (Å²) < 4.78 is 16.8. The molecule has 0 bridgehead atoms. The smallest absolute Gasteiger partial charge is 0.314 e. The van der Waals surface area contributed by atoms with Crippen LogP contribution in [-0.2, 0) is 11.2 Å². The van der Waals surface area contributed by atoms with E-state index in [1.54, 1.807) is 18.2 Å². The van der Waals surface area contributed by atoms with E-state index in [0.29, 0.717) is 22.5 Å². The van der Waals surface area contributed by atoms with Gasteiger partial charge in [-0.1, -0.05) is 39.0 Å². The molecule has 5 heteroatoms. The van der Waals surface area contributed by atoms with E-state index in [-0.39, 0.29) is 23.1 Å². The van der Waals surface area contributed by atoms with E-state index in [2.05, 4.69) is 0 Å². The number of carbonyl (C=O) groups excluding carboxylic acids is 1. The molecule has 0 aliphatic rings. The zero-order valence-electron chi connectivity index (χ0n) is 16.4. The number of aryl methyl sites for hydroxylation is 1. The molecule has 0 spiro atoms. The van der Waals surface area contributed by atoms with Gasteiger partial charge in [-0.2, -0.15) is 0 Å². The van der Waals surface area contributed by atoms with Crippen molar-refractivity contribution in [2.24, 2.45) is 5.92 Å². The summed E-state index contributed by atoms with van der Waals surface area (Å²) in [6.07, 6.45) is 3.53. The Balaban J connectivity index is 1.88. The van der Waals surface area contributed by atoms with Crippen LogP contribution < -0.4 is 14.9 Å². The highest BCUT2D eigenvalue weighted by Gasteiger charge is 2.17. The Morgan fingerprint density at radius 3 is 2.50 bits per heavy atom. The van der Waals surface area contributed by atoms with Crippen molar-refractivity contribution in [2.45, 2.75) is 40.0 Å². The third kappa shape index (κ3) is 4.09. The van der Waals surface area contributed by atoms with E-state index in [1.165, 1.54) is 6.26 Å². The van der Waals surface area contributed by atoms with Gasteiger partial charge in [-0.25, -0.2) is 0 Å². The van der Waals surface area contributed by atoms with Crippen molar-refractivity contribution in [3.8, 4) is 17.2 Å². The van der Waals surface area contributed by atoms with Gasteiger partial charge in [0.1, 0.15) is 23.3 Å². The van der Waals surface area contributed by atoms with Gasteiger partial charge in [0.15, 0.2) is 0 Å². The van der Waals surface area contributed by atoms with Crippen LogP contribution in [-0.4, -0.2) is 5.97 Å². The molecule has 2 aromatic carbocycles. The molecule has 1 aromatic heterocycles. The lowest BCUT2D eigenvalue weighted by molar-refractivity contribution is -0.139. The van der Waals surface area contributed by atoms with E-state index in [1.807, 2.05) is 45.0 Å². The molecular weight excluding hydrogens is 356 g/mol. The van der Waals surface area contributed by atoms with Gasteiger partial charge in [0.2, 0.25) is 11.2 Å². The van der Waals surface area contributed by atoms with Crippen LogP contribution in [0.3, 0.4) is 0 Å². The first-order chi connectivity index (χ1) is 13.6. The molecule has 0 aliphatic carbocycles. The first-order valence-corrected chi connectivity index (χ1v) is 9.60. The van der Waals surface area contributed by atoms with Crippen LogP contribution in [0.2, 0.25) is 0 Å². The average Bonchev–Trinajstić information content (AvgIpc) is 2.71. The standard InChI is InChI=1S/C23H24O5/c1-4-15(5-2)23(25)27-17-11-12-18-20(13-17)26-14-21(22(18)24)28-19-10-8-7-9-16(19)6-3/h7-15H,4-6H2,1-3H3. The first-order valence-electron chi connectivity index (χ1n) is 9.60. The van der Waals surface area contributed by atoms with Gasteiger partial charge in [0.25, 0.3) is 0 Å². The molecule has 146 valence electrons. The molecule has 0 radical (unpaired) electrons. The summed E-state index contributed by atoms with van der Waals surface area (Å²) >= 11 is 0. The predicted octanol–water partition coefficient (Wildman–Crippen LogP) is 5.49. The summed E-state index contributed by atoms with van der Waals surface area (Å²) in [6, 6.07) is 12.3. The van der Waals surface area contributed by atoms with E-state index in [9.17, 15) is 9.59 Å². The van der Waals surface area contributed by atoms with Gasteiger partial charge >= 0.3 is 5.97 Å². The average molecular weight is 380 g/mol. The molecule has 28 heavy (non-hydrogen) atoms. The van der Waals surface area contributed by atoms with Gasteiger partial charge in [-0.15, -0.1) is 0 Å². The van der Waals surface area contributed by atoms with Gasteiger partial charge in [-0.3, -0.25) is 9.59 Å². The fraction of sp³-hybridized carbons (Fsp3) is 0.304. The molecule has 0 saturated carbocycles. The number of ether oxygens (including phenoxy) is 2. The van der Waals surface area contributed by atoms with Gasteiger partial charge < -0.3 is 13.9 Å². The van der Waals surface area contributed by atoms with E-state index in [4.69, 9.17) is 13.9 Å². The number of rotatable bonds is 7. The van der Waals surface area contributed by atoms with E-state index >= 15 is 0 Å². The largest absolute Gasteiger partial charge is 0.460 e. The van der Waals surface area contributed by atoms with Gasteiger partial charge in [-0.05, 0) is 43.0 Å². The quantitative estimate of drug-likeness (QED) is 0.400. The van der Waals surface area contributed by atoms with Crippen molar-refractivity contribution in [3.05, 3.63) is 64.5 Å². The van der Waals surface area contributed by atoms with Crippen molar-refractivity contribution in [2.75, 3.05) is 0 Å². The lowest BCUT2D eigenvalue weighted by atomic mass is 10.0. The second kappa shape index (κ2) is 8.74. The lowest BCUT2D eigenvalue weighted by Gasteiger charge is -2.12. The number of hydrogen-bond acceptors (Lipinski definition) is 5. The van der Waals surface area contributed by atoms with E-state index in [0.717, 1.165) is 24.8 Å². The van der Waals surface area contributed by atoms with Crippen LogP contribution in [0.25, 0.3) is 11.0 Å². The van der Waals surface area contributed by atoms with Crippen LogP contribution >= 0.6 is 0 Å². The Morgan fingerprint density at radius 1 is 1.04 bits per heavy atom. The summed E-state index contributed by atoms with van der Waals surface area (Å²) in [5, 5.41) is 0.369. The first kappa shape index (κ1) is 19.7. The minimum absolute atomic E-state index is 0.121. The SMILES string of the molecule is CCc1ccccc1Oc1coc2cc(OC(=O)C(CC)CC)ccc2c1=O. The van der Waals surface area contributed by atoms with E-state index < -0.39 is 0 Å². The molecule has 0 fully saturated rings. The molecule has 0 unspecified atom stereocenters. The zero-order chi connectivity index (χ0) is 20.1. The Hall–Kier alpha value is -3.08. The molecule has 0 N–H and O–H groups in total. The maximum absolute atomic E-state index is 12.8. The number of esters is 1. The van der Waals surface area contributed by atoms with Crippen LogP contribution in [0.4, 0.5) is 0 Å². The molecular formula is C23H24O5. The second-order valence-electron chi connectivity index (χ2n) is 6.58. The van der Waals surface area contributed by atoms with Crippen LogP contribution in [0, 0.1) is 5.92 Å². The third-order valence-electron chi connectivity index (χ3n) is 4.83.